The molecule has 0 saturated heterocycles. The highest BCUT2D eigenvalue weighted by Gasteiger charge is 2.41. The predicted molar refractivity (Wildman–Crippen MR) is 102 cm³/mol. The van der Waals surface area contributed by atoms with Crippen LogP contribution in [0.15, 0.2) is 60.7 Å². The van der Waals surface area contributed by atoms with Gasteiger partial charge in [0.05, 0.1) is 33.6 Å². The average Bonchev–Trinajstić information content (AvgIpc) is 3.14. The number of hydrogen-bond acceptors (Lipinski definition) is 4. The van der Waals surface area contributed by atoms with Gasteiger partial charge < -0.3 is 0 Å². The maximum Gasteiger partial charge on any atom is 0.269 e. The van der Waals surface area contributed by atoms with E-state index in [1.807, 2.05) is 0 Å². The van der Waals surface area contributed by atoms with Gasteiger partial charge in [0.25, 0.3) is 23.6 Å². The Bertz CT molecular complexity index is 1220. The van der Waals surface area contributed by atoms with Crippen LogP contribution < -0.4 is 9.80 Å². The molecular weight excluding hydrogens is 394 g/mol. The monoisotopic (exact) mass is 404 g/mol. The van der Waals surface area contributed by atoms with Crippen molar-refractivity contribution < 1.29 is 28.0 Å². The fraction of sp³-hybridized carbons (Fsp3) is 0. The van der Waals surface area contributed by atoms with Crippen LogP contribution in [0.25, 0.3) is 0 Å². The molecule has 0 saturated carbocycles. The van der Waals surface area contributed by atoms with Gasteiger partial charge in [0.1, 0.15) is 11.6 Å². The molecule has 2 aliphatic heterocycles. The number of amides is 4. The molecule has 6 nitrogen and oxygen atoms in total. The van der Waals surface area contributed by atoms with Crippen LogP contribution in [-0.4, -0.2) is 23.6 Å². The average molecular weight is 404 g/mol. The molecule has 0 spiro atoms. The minimum Gasteiger partial charge on any atom is -0.268 e. The van der Waals surface area contributed by atoms with Gasteiger partial charge in [-0.05, 0) is 42.5 Å². The first-order valence-corrected chi connectivity index (χ1v) is 8.85. The summed E-state index contributed by atoms with van der Waals surface area (Å²) in [4.78, 5) is 52.3. The number of fused-ring (bicyclic) bond motifs is 2. The smallest absolute Gasteiger partial charge is 0.268 e. The molecule has 0 aliphatic carbocycles. The van der Waals surface area contributed by atoms with Gasteiger partial charge in [0.2, 0.25) is 0 Å². The Morgan fingerprint density at radius 1 is 0.533 bits per heavy atom. The van der Waals surface area contributed by atoms with Gasteiger partial charge in [-0.15, -0.1) is 0 Å². The van der Waals surface area contributed by atoms with Crippen LogP contribution in [0.3, 0.4) is 0 Å². The Balaban J connectivity index is 1.57. The Kier molecular flexibility index (Phi) is 3.66. The summed E-state index contributed by atoms with van der Waals surface area (Å²) < 4.78 is 28.2. The third-order valence-corrected chi connectivity index (χ3v) is 5.07. The minimum absolute atomic E-state index is 0.0510. The van der Waals surface area contributed by atoms with Crippen molar-refractivity contribution in [2.75, 3.05) is 9.80 Å². The van der Waals surface area contributed by atoms with Crippen LogP contribution in [0.1, 0.15) is 41.4 Å². The van der Waals surface area contributed by atoms with E-state index in [-0.39, 0.29) is 33.6 Å². The molecule has 0 unspecified atom stereocenters. The molecule has 3 aromatic carbocycles. The van der Waals surface area contributed by atoms with Crippen molar-refractivity contribution >= 4 is 35.0 Å². The number of benzene rings is 3. The molecule has 2 aliphatic rings. The SMILES string of the molecule is O=C1c2cccc(F)c2C(=O)N1c1cccc(N2C(=O)c3cccc(F)c3C2=O)c1. The maximum absolute atomic E-state index is 14.1. The van der Waals surface area contributed by atoms with Crippen molar-refractivity contribution in [3.8, 4) is 0 Å². The van der Waals surface area contributed by atoms with Crippen LogP contribution in [-0.2, 0) is 0 Å². The number of nitrogens with zero attached hydrogens (tertiary/aromatic N) is 2. The first-order valence-electron chi connectivity index (χ1n) is 8.85. The predicted octanol–water partition coefficient (Wildman–Crippen LogP) is 3.57. The normalized spacial score (nSPS) is 15.1. The van der Waals surface area contributed by atoms with Gasteiger partial charge in [-0.25, -0.2) is 18.6 Å². The highest BCUT2D eigenvalue weighted by atomic mass is 19.1. The molecule has 2 heterocycles. The van der Waals surface area contributed by atoms with Crippen molar-refractivity contribution in [1.29, 1.82) is 0 Å². The van der Waals surface area contributed by atoms with E-state index in [9.17, 15) is 28.0 Å². The molecule has 0 fully saturated rings. The maximum atomic E-state index is 14.1. The lowest BCUT2D eigenvalue weighted by atomic mass is 10.1. The summed E-state index contributed by atoms with van der Waals surface area (Å²) in [6, 6.07) is 13.0. The second-order valence-electron chi connectivity index (χ2n) is 6.74. The van der Waals surface area contributed by atoms with E-state index in [0.717, 1.165) is 21.9 Å². The van der Waals surface area contributed by atoms with E-state index in [4.69, 9.17) is 0 Å². The summed E-state index contributed by atoms with van der Waals surface area (Å²) in [6.45, 7) is 0. The molecule has 0 radical (unpaired) electrons. The molecular formula is C22H10F2N2O4. The summed E-state index contributed by atoms with van der Waals surface area (Å²) in [7, 11) is 0. The highest BCUT2D eigenvalue weighted by Crippen LogP contribution is 2.35. The Morgan fingerprint density at radius 3 is 1.33 bits per heavy atom. The molecule has 0 N–H and O–H groups in total. The topological polar surface area (TPSA) is 74.8 Å². The van der Waals surface area contributed by atoms with Crippen molar-refractivity contribution in [2.45, 2.75) is 0 Å². The van der Waals surface area contributed by atoms with Crippen LogP contribution >= 0.6 is 0 Å². The molecule has 0 bridgehead atoms. The van der Waals surface area contributed by atoms with Crippen molar-refractivity contribution in [3.63, 3.8) is 0 Å². The van der Waals surface area contributed by atoms with E-state index in [2.05, 4.69) is 0 Å². The first kappa shape index (κ1) is 17.9. The fourth-order valence-electron chi connectivity index (χ4n) is 3.73. The zero-order chi connectivity index (χ0) is 21.2. The molecule has 3 aromatic rings. The number of anilines is 2. The van der Waals surface area contributed by atoms with Gasteiger partial charge in [-0.2, -0.15) is 0 Å². The zero-order valence-corrected chi connectivity index (χ0v) is 15.1. The summed E-state index contributed by atoms with van der Waals surface area (Å²) >= 11 is 0. The molecule has 5 rings (SSSR count). The Morgan fingerprint density at radius 2 is 0.933 bits per heavy atom. The van der Waals surface area contributed by atoms with E-state index < -0.39 is 35.3 Å². The van der Waals surface area contributed by atoms with Gasteiger partial charge in [0.15, 0.2) is 0 Å². The van der Waals surface area contributed by atoms with E-state index in [1.54, 1.807) is 0 Å². The number of rotatable bonds is 2. The number of carbonyl (C=O) groups excluding carboxylic acids is 4. The number of hydrogen-bond donors (Lipinski definition) is 0. The Hall–Kier alpha value is -4.20. The van der Waals surface area contributed by atoms with Gasteiger partial charge in [0, 0.05) is 0 Å². The lowest BCUT2D eigenvalue weighted by molar-refractivity contribution is 0.0911. The van der Waals surface area contributed by atoms with E-state index in [1.165, 1.54) is 48.5 Å². The summed E-state index contributed by atoms with van der Waals surface area (Å²) in [6.07, 6.45) is 0. The lowest BCUT2D eigenvalue weighted by Gasteiger charge is -2.18. The van der Waals surface area contributed by atoms with Gasteiger partial charge in [-0.1, -0.05) is 18.2 Å². The largest absolute Gasteiger partial charge is 0.269 e. The zero-order valence-electron chi connectivity index (χ0n) is 15.1. The van der Waals surface area contributed by atoms with Crippen LogP contribution in [0, 0.1) is 11.6 Å². The summed E-state index contributed by atoms with van der Waals surface area (Å²) in [5.41, 5.74) is -0.724. The molecule has 0 atom stereocenters. The van der Waals surface area contributed by atoms with Crippen LogP contribution in [0.5, 0.6) is 0 Å². The standard InChI is InChI=1S/C22H10F2N2O4/c23-15-8-2-6-13-17(15)21(29)25(19(13)27)11-4-1-5-12(10-11)26-20(28)14-7-3-9-16(24)18(14)22(26)30/h1-10H. The second-order valence-corrected chi connectivity index (χ2v) is 6.74. The van der Waals surface area contributed by atoms with Crippen LogP contribution in [0.2, 0.25) is 0 Å². The first-order chi connectivity index (χ1) is 14.4. The molecule has 8 heteroatoms. The van der Waals surface area contributed by atoms with Gasteiger partial charge >= 0.3 is 0 Å². The third-order valence-electron chi connectivity index (χ3n) is 5.07. The fourth-order valence-corrected chi connectivity index (χ4v) is 3.73. The molecule has 4 amide bonds. The highest BCUT2D eigenvalue weighted by molar-refractivity contribution is 6.36. The van der Waals surface area contributed by atoms with Crippen molar-refractivity contribution in [2.24, 2.45) is 0 Å². The molecule has 30 heavy (non-hydrogen) atoms. The van der Waals surface area contributed by atoms with E-state index in [0.29, 0.717) is 0 Å². The Labute approximate surface area is 167 Å². The van der Waals surface area contributed by atoms with Crippen molar-refractivity contribution in [3.05, 3.63) is 94.6 Å². The minimum atomic E-state index is -0.848. The summed E-state index contributed by atoms with van der Waals surface area (Å²) in [5.74, 6) is -4.78. The van der Waals surface area contributed by atoms with E-state index >= 15 is 0 Å². The summed E-state index contributed by atoms with van der Waals surface area (Å²) in [5, 5.41) is 0. The van der Waals surface area contributed by atoms with Gasteiger partial charge in [-0.3, -0.25) is 19.2 Å². The quantitative estimate of drug-likeness (QED) is 0.612. The number of halogens is 2. The molecule has 146 valence electrons. The van der Waals surface area contributed by atoms with Crippen molar-refractivity contribution in [1.82, 2.24) is 0 Å². The van der Waals surface area contributed by atoms with Crippen LogP contribution in [0.4, 0.5) is 20.2 Å². The second kappa shape index (κ2) is 6.15. The molecule has 0 aromatic heterocycles. The number of carbonyl (C=O) groups is 4. The third kappa shape index (κ3) is 2.27. The number of imide groups is 2. The lowest BCUT2D eigenvalue weighted by Crippen LogP contribution is -2.31.